The van der Waals surface area contributed by atoms with E-state index in [2.05, 4.69) is 30.0 Å². The molecule has 0 spiro atoms. The molecule has 2 saturated carbocycles. The van der Waals surface area contributed by atoms with Crippen molar-refractivity contribution in [2.45, 2.75) is 64.8 Å². The molecule has 132 valence electrons. The number of hydrogen-bond acceptors (Lipinski definition) is 4. The van der Waals surface area contributed by atoms with Crippen LogP contribution in [0.25, 0.3) is 0 Å². The highest BCUT2D eigenvalue weighted by Gasteiger charge is 2.65. The van der Waals surface area contributed by atoms with E-state index in [0.29, 0.717) is 11.8 Å². The second-order valence-electron chi connectivity index (χ2n) is 8.96. The second kappa shape index (κ2) is 5.58. The molecule has 3 fully saturated rings. The van der Waals surface area contributed by atoms with Gasteiger partial charge in [-0.2, -0.15) is 0 Å². The van der Waals surface area contributed by atoms with Crippen LogP contribution in [0.1, 0.15) is 69.7 Å². The number of rotatable bonds is 4. The van der Waals surface area contributed by atoms with Crippen molar-refractivity contribution in [3.8, 4) is 0 Å². The maximum absolute atomic E-state index is 12.0. The first-order chi connectivity index (χ1) is 11.4. The average molecular weight is 331 g/mol. The maximum Gasteiger partial charge on any atom is 0.225 e. The summed E-state index contributed by atoms with van der Waals surface area (Å²) in [5, 5.41) is 4.32. The lowest BCUT2D eigenvalue weighted by Gasteiger charge is -2.54. The zero-order chi connectivity index (χ0) is 16.9. The van der Waals surface area contributed by atoms with E-state index in [9.17, 15) is 4.79 Å². The molecule has 1 aromatic rings. The van der Waals surface area contributed by atoms with E-state index in [-0.39, 0.29) is 16.7 Å². The monoisotopic (exact) mass is 331 g/mol. The summed E-state index contributed by atoms with van der Waals surface area (Å²) in [6.45, 7) is 6.92. The van der Waals surface area contributed by atoms with Crippen LogP contribution in [0.15, 0.2) is 10.6 Å². The van der Waals surface area contributed by atoms with Gasteiger partial charge in [0.15, 0.2) is 5.76 Å². The third-order valence-electron chi connectivity index (χ3n) is 6.80. The van der Waals surface area contributed by atoms with Crippen LogP contribution in [0.5, 0.6) is 0 Å². The van der Waals surface area contributed by atoms with Gasteiger partial charge < -0.3 is 10.3 Å². The van der Waals surface area contributed by atoms with Crippen LogP contribution in [-0.2, 0) is 11.3 Å². The Morgan fingerprint density at radius 1 is 1.38 bits per heavy atom. The van der Waals surface area contributed by atoms with Crippen LogP contribution in [0.2, 0.25) is 0 Å². The van der Waals surface area contributed by atoms with Crippen LogP contribution < -0.4 is 5.73 Å². The zero-order valence-corrected chi connectivity index (χ0v) is 14.9. The number of nitrogens with zero attached hydrogens (tertiary/aromatic N) is 2. The van der Waals surface area contributed by atoms with Gasteiger partial charge in [0.2, 0.25) is 5.91 Å². The van der Waals surface area contributed by atoms with Crippen molar-refractivity contribution in [3.63, 3.8) is 0 Å². The van der Waals surface area contributed by atoms with E-state index < -0.39 is 0 Å². The highest BCUT2D eigenvalue weighted by atomic mass is 16.5. The van der Waals surface area contributed by atoms with E-state index in [0.717, 1.165) is 37.5 Å². The maximum atomic E-state index is 12.0. The second-order valence-corrected chi connectivity index (χ2v) is 8.96. The van der Waals surface area contributed by atoms with Gasteiger partial charge in [0.05, 0.1) is 17.7 Å². The first-order valence-corrected chi connectivity index (χ1v) is 9.38. The summed E-state index contributed by atoms with van der Waals surface area (Å²) in [4.78, 5) is 14.4. The summed E-state index contributed by atoms with van der Waals surface area (Å²) in [6.07, 6.45) is 7.32. The highest BCUT2D eigenvalue weighted by Crippen LogP contribution is 2.62. The Balaban J connectivity index is 1.43. The largest absolute Gasteiger partial charge is 0.369 e. The van der Waals surface area contributed by atoms with Gasteiger partial charge in [-0.3, -0.25) is 9.69 Å². The van der Waals surface area contributed by atoms with E-state index in [1.807, 2.05) is 0 Å². The Bertz CT molecular complexity index is 632. The number of fused-ring (bicyclic) bond motifs is 1. The number of hydrogen-bond donors (Lipinski definition) is 1. The number of likely N-dealkylation sites (tertiary alicyclic amines) is 1. The van der Waals surface area contributed by atoms with E-state index in [1.165, 1.54) is 32.1 Å². The van der Waals surface area contributed by atoms with Gasteiger partial charge in [0.25, 0.3) is 0 Å². The smallest absolute Gasteiger partial charge is 0.225 e. The minimum absolute atomic E-state index is 0.130. The van der Waals surface area contributed by atoms with E-state index in [1.54, 1.807) is 0 Å². The molecule has 1 aromatic heterocycles. The fourth-order valence-electron chi connectivity index (χ4n) is 5.66. The Morgan fingerprint density at radius 3 is 2.75 bits per heavy atom. The molecule has 5 heteroatoms. The summed E-state index contributed by atoms with van der Waals surface area (Å²) < 4.78 is 5.61. The van der Waals surface area contributed by atoms with Crippen LogP contribution in [0.4, 0.5) is 0 Å². The Labute approximate surface area is 143 Å². The van der Waals surface area contributed by atoms with E-state index in [4.69, 9.17) is 10.3 Å². The normalized spacial score (nSPS) is 33.2. The number of primary amides is 1. The van der Waals surface area contributed by atoms with Crippen molar-refractivity contribution in [2.24, 2.45) is 22.5 Å². The van der Waals surface area contributed by atoms with Crippen molar-refractivity contribution < 1.29 is 9.32 Å². The summed E-state index contributed by atoms with van der Waals surface area (Å²) >= 11 is 0. The average Bonchev–Trinajstić information content (AvgIpc) is 3.12. The fourth-order valence-corrected chi connectivity index (χ4v) is 5.66. The molecular formula is C19H29N3O2. The Hall–Kier alpha value is -1.36. The van der Waals surface area contributed by atoms with Gasteiger partial charge in [-0.15, -0.1) is 0 Å². The zero-order valence-electron chi connectivity index (χ0n) is 14.9. The molecule has 5 nitrogen and oxygen atoms in total. The van der Waals surface area contributed by atoms with Crippen molar-refractivity contribution in [2.75, 3.05) is 13.1 Å². The molecule has 2 N–H and O–H groups in total. The van der Waals surface area contributed by atoms with Crippen molar-refractivity contribution in [3.05, 3.63) is 17.5 Å². The minimum atomic E-state index is -0.324. The molecule has 1 saturated heterocycles. The number of nitrogens with two attached hydrogens (primary N) is 1. The van der Waals surface area contributed by atoms with Crippen molar-refractivity contribution in [1.82, 2.24) is 10.1 Å². The number of carbonyl (C=O) groups is 1. The highest BCUT2D eigenvalue weighted by molar-refractivity contribution is 5.83. The van der Waals surface area contributed by atoms with E-state index >= 15 is 0 Å². The molecule has 24 heavy (non-hydrogen) atoms. The summed E-state index contributed by atoms with van der Waals surface area (Å²) in [5.41, 5.74) is 6.76. The standard InChI is InChI=1S/C19H29N3O2/c1-18(2)11-19(17(20)23)12-22(10-16(18)19)9-14-8-15(21-24-14)13-6-4-3-5-7-13/h8,13,16H,3-7,9-12H2,1-2H3,(H2,20,23)/t16-,19+/m1/s1. The quantitative estimate of drug-likeness (QED) is 0.920. The lowest BCUT2D eigenvalue weighted by atomic mass is 9.48. The molecule has 3 aliphatic rings. The molecule has 2 atom stereocenters. The Kier molecular flexibility index (Phi) is 3.75. The van der Waals surface area contributed by atoms with Crippen LogP contribution >= 0.6 is 0 Å². The van der Waals surface area contributed by atoms with Gasteiger partial charge >= 0.3 is 0 Å². The summed E-state index contributed by atoms with van der Waals surface area (Å²) in [7, 11) is 0. The predicted octanol–water partition coefficient (Wildman–Crippen LogP) is 3.06. The van der Waals surface area contributed by atoms with Gasteiger partial charge in [0.1, 0.15) is 0 Å². The molecule has 1 aliphatic heterocycles. The molecule has 4 rings (SSSR count). The number of aromatic nitrogens is 1. The number of amides is 1. The van der Waals surface area contributed by atoms with Crippen LogP contribution in [-0.4, -0.2) is 29.1 Å². The summed E-state index contributed by atoms with van der Waals surface area (Å²) in [5.74, 6) is 1.73. The first kappa shape index (κ1) is 16.1. The third-order valence-corrected chi connectivity index (χ3v) is 6.80. The minimum Gasteiger partial charge on any atom is -0.369 e. The molecule has 1 amide bonds. The molecule has 0 radical (unpaired) electrons. The topological polar surface area (TPSA) is 72.4 Å². The van der Waals surface area contributed by atoms with Crippen molar-refractivity contribution >= 4 is 5.91 Å². The van der Waals surface area contributed by atoms with Gasteiger partial charge in [-0.25, -0.2) is 0 Å². The van der Waals surface area contributed by atoms with Gasteiger partial charge in [-0.1, -0.05) is 38.3 Å². The lowest BCUT2D eigenvalue weighted by molar-refractivity contribution is -0.148. The SMILES string of the molecule is CC1(C)C[C@]2(C(N)=O)CN(Cc3cc(C4CCCCC4)no3)C[C@H]12. The third kappa shape index (κ3) is 2.48. The first-order valence-electron chi connectivity index (χ1n) is 9.38. The molecule has 0 unspecified atom stereocenters. The summed E-state index contributed by atoms with van der Waals surface area (Å²) in [6, 6.07) is 2.14. The number of carbonyl (C=O) groups excluding carboxylic acids is 1. The van der Waals surface area contributed by atoms with Crippen LogP contribution in [0, 0.1) is 16.7 Å². The molecule has 2 aliphatic carbocycles. The van der Waals surface area contributed by atoms with Gasteiger partial charge in [0, 0.05) is 25.1 Å². The van der Waals surface area contributed by atoms with Crippen LogP contribution in [0.3, 0.4) is 0 Å². The lowest BCUT2D eigenvalue weighted by Crippen LogP contribution is -2.59. The molecule has 0 aromatic carbocycles. The Morgan fingerprint density at radius 2 is 2.12 bits per heavy atom. The van der Waals surface area contributed by atoms with Crippen molar-refractivity contribution in [1.29, 1.82) is 0 Å². The predicted molar refractivity (Wildman–Crippen MR) is 91.1 cm³/mol. The molecule has 2 heterocycles. The fraction of sp³-hybridized carbons (Fsp3) is 0.789. The molecular weight excluding hydrogens is 302 g/mol. The van der Waals surface area contributed by atoms with Gasteiger partial charge in [-0.05, 0) is 30.6 Å². The molecule has 0 bridgehead atoms.